The molecule has 0 saturated carbocycles. The van der Waals surface area contributed by atoms with Gasteiger partial charge in [-0.25, -0.2) is 0 Å². The highest BCUT2D eigenvalue weighted by Gasteiger charge is 2.41. The molecule has 0 aromatic heterocycles. The molecule has 5 aromatic carbocycles. The van der Waals surface area contributed by atoms with E-state index in [1.165, 1.54) is 0 Å². The largest absolute Gasteiger partial charge is 0.497 e. The maximum Gasteiger partial charge on any atom is 0.251 e. The summed E-state index contributed by atoms with van der Waals surface area (Å²) in [5, 5.41) is 11.6. The van der Waals surface area contributed by atoms with Crippen LogP contribution in [0.4, 0.5) is 17.1 Å². The Morgan fingerprint density at radius 1 is 0.672 bits per heavy atom. The molecule has 0 atom stereocenters. The molecular formula is C50H58N5O6. The smallest absolute Gasteiger partial charge is 0.251 e. The van der Waals surface area contributed by atoms with Crippen molar-refractivity contribution in [3.8, 4) is 17.2 Å². The molecule has 1 aliphatic rings. The van der Waals surface area contributed by atoms with Gasteiger partial charge in [0.2, 0.25) is 5.91 Å². The lowest BCUT2D eigenvalue weighted by Crippen LogP contribution is -2.45. The molecule has 1 N–H and O–H groups in total. The molecule has 5 aromatic rings. The summed E-state index contributed by atoms with van der Waals surface area (Å²) in [5.41, 5.74) is 4.51. The minimum atomic E-state index is -0.987. The number of ether oxygens (including phenoxy) is 4. The number of hydrogen-bond donors (Lipinski definition) is 1. The van der Waals surface area contributed by atoms with Crippen molar-refractivity contribution in [3.63, 3.8) is 0 Å². The first-order valence-electron chi connectivity index (χ1n) is 20.8. The number of carbonyl (C=O) groups excluding carboxylic acids is 2. The summed E-state index contributed by atoms with van der Waals surface area (Å²) in [6.45, 7) is 6.82. The fourth-order valence-corrected chi connectivity index (χ4v) is 7.52. The highest BCUT2D eigenvalue weighted by molar-refractivity contribution is 5.94. The van der Waals surface area contributed by atoms with Crippen LogP contribution >= 0.6 is 0 Å². The molecule has 0 spiro atoms. The second-order valence-corrected chi connectivity index (χ2v) is 15.8. The SMILES string of the molecule is [CH2]C1(COC(c2ccc(OC)cc2)(c2ccc(OC)cc2)c2ccc(OC)cc2)CCN(C(=O)CCCCCNC(=O)c2ccc(/N=N/c3ccc(N(C)C)cc3)cc2)CC1. The van der Waals surface area contributed by atoms with Gasteiger partial charge in [0.1, 0.15) is 22.8 Å². The summed E-state index contributed by atoms with van der Waals surface area (Å²) < 4.78 is 23.7. The Labute approximate surface area is 360 Å². The quantitative estimate of drug-likeness (QED) is 0.0501. The molecule has 6 rings (SSSR count). The molecule has 11 heteroatoms. The number of azo groups is 1. The van der Waals surface area contributed by atoms with Crippen molar-refractivity contribution in [3.05, 3.63) is 151 Å². The molecule has 319 valence electrons. The monoisotopic (exact) mass is 824 g/mol. The second-order valence-electron chi connectivity index (χ2n) is 15.8. The van der Waals surface area contributed by atoms with Gasteiger partial charge in [-0.05, 0) is 140 Å². The van der Waals surface area contributed by atoms with Crippen molar-refractivity contribution in [1.82, 2.24) is 10.2 Å². The summed E-state index contributed by atoms with van der Waals surface area (Å²) in [6, 6.07) is 38.8. The fraction of sp³-hybridized carbons (Fsp3) is 0.340. The molecule has 1 aliphatic heterocycles. The van der Waals surface area contributed by atoms with Gasteiger partial charge in [0, 0.05) is 51.4 Å². The summed E-state index contributed by atoms with van der Waals surface area (Å²) in [6.07, 6.45) is 4.28. The predicted octanol–water partition coefficient (Wildman–Crippen LogP) is 9.94. The second kappa shape index (κ2) is 20.9. The average molecular weight is 825 g/mol. The van der Waals surface area contributed by atoms with Crippen molar-refractivity contribution < 1.29 is 28.5 Å². The van der Waals surface area contributed by atoms with E-state index in [2.05, 4.69) is 22.5 Å². The molecule has 1 radical (unpaired) electrons. The van der Waals surface area contributed by atoms with Crippen LogP contribution in [0.3, 0.4) is 0 Å². The number of methoxy groups -OCH3 is 3. The van der Waals surface area contributed by atoms with E-state index in [-0.39, 0.29) is 11.8 Å². The van der Waals surface area contributed by atoms with Crippen molar-refractivity contribution in [1.29, 1.82) is 0 Å². The van der Waals surface area contributed by atoms with E-state index in [0.29, 0.717) is 56.8 Å². The number of carbonyl (C=O) groups is 2. The Bertz CT molecular complexity index is 2070. The maximum absolute atomic E-state index is 13.3. The number of hydrogen-bond acceptors (Lipinski definition) is 9. The number of anilines is 1. The molecule has 0 aliphatic carbocycles. The van der Waals surface area contributed by atoms with Crippen molar-refractivity contribution in [2.45, 2.75) is 44.1 Å². The normalized spacial score (nSPS) is 13.8. The van der Waals surface area contributed by atoms with Gasteiger partial charge in [0.05, 0.1) is 39.3 Å². The minimum absolute atomic E-state index is 0.137. The Morgan fingerprint density at radius 3 is 1.57 bits per heavy atom. The number of piperidine rings is 1. The zero-order chi connectivity index (χ0) is 43.2. The van der Waals surface area contributed by atoms with E-state index in [1.807, 2.05) is 121 Å². The first kappa shape index (κ1) is 44.4. The Hall–Kier alpha value is -6.20. The third kappa shape index (κ3) is 11.3. The molecule has 0 unspecified atom stereocenters. The Morgan fingerprint density at radius 2 is 1.13 bits per heavy atom. The van der Waals surface area contributed by atoms with Crippen LogP contribution in [0.5, 0.6) is 17.2 Å². The number of amides is 2. The maximum atomic E-state index is 13.3. The van der Waals surface area contributed by atoms with Crippen LogP contribution in [0.15, 0.2) is 132 Å². The van der Waals surface area contributed by atoms with Crippen LogP contribution < -0.4 is 24.4 Å². The number of benzene rings is 5. The minimum Gasteiger partial charge on any atom is -0.497 e. The van der Waals surface area contributed by atoms with Gasteiger partial charge in [0.25, 0.3) is 5.91 Å². The van der Waals surface area contributed by atoms with Gasteiger partial charge < -0.3 is 34.1 Å². The van der Waals surface area contributed by atoms with E-state index in [1.54, 1.807) is 45.6 Å². The van der Waals surface area contributed by atoms with E-state index in [4.69, 9.17) is 18.9 Å². The Kier molecular flexibility index (Phi) is 15.2. The van der Waals surface area contributed by atoms with E-state index in [0.717, 1.165) is 64.6 Å². The van der Waals surface area contributed by atoms with E-state index in [9.17, 15) is 9.59 Å². The topological polar surface area (TPSA) is 114 Å². The highest BCUT2D eigenvalue weighted by atomic mass is 16.5. The van der Waals surface area contributed by atoms with Crippen LogP contribution in [-0.2, 0) is 15.1 Å². The Balaban J connectivity index is 0.983. The van der Waals surface area contributed by atoms with E-state index < -0.39 is 11.0 Å². The average Bonchev–Trinajstić information content (AvgIpc) is 3.30. The van der Waals surface area contributed by atoms with E-state index >= 15 is 0 Å². The zero-order valence-electron chi connectivity index (χ0n) is 36.1. The fourth-order valence-electron chi connectivity index (χ4n) is 7.52. The van der Waals surface area contributed by atoms with Gasteiger partial charge >= 0.3 is 0 Å². The lowest BCUT2D eigenvalue weighted by Gasteiger charge is -2.43. The number of likely N-dealkylation sites (tertiary alicyclic amines) is 1. The number of nitrogens with zero attached hydrogens (tertiary/aromatic N) is 4. The van der Waals surface area contributed by atoms with Gasteiger partial charge in [-0.15, -0.1) is 0 Å². The van der Waals surface area contributed by atoms with Gasteiger partial charge in [-0.2, -0.15) is 10.2 Å². The molecular weight excluding hydrogens is 767 g/mol. The number of unbranched alkanes of at least 4 members (excludes halogenated alkanes) is 2. The lowest BCUT2D eigenvalue weighted by atomic mass is 9.78. The van der Waals surface area contributed by atoms with Gasteiger partial charge in [-0.1, -0.05) is 42.8 Å². The first-order valence-corrected chi connectivity index (χ1v) is 20.8. The number of nitrogens with one attached hydrogen (secondary N) is 1. The van der Waals surface area contributed by atoms with Crippen LogP contribution in [0, 0.1) is 12.3 Å². The molecule has 61 heavy (non-hydrogen) atoms. The van der Waals surface area contributed by atoms with Crippen LogP contribution in [0.2, 0.25) is 0 Å². The standard InChI is InChI=1S/C50H58N5O6/c1-49(36-61-50(38-13-25-44(58-4)26-14-38,39-15-27-45(59-5)28-16-39)40-17-29-46(60-6)30-18-40)31-34-55(35-32-49)47(56)10-8-7-9-33-51-48(57)37-11-19-41(20-12-37)52-53-42-21-23-43(24-22-42)54(2)3/h11-30H,1,7-10,31-36H2,2-6H3,(H,51,57)/b53-52+. The molecule has 2 amide bonds. The van der Waals surface area contributed by atoms with Crippen LogP contribution in [0.25, 0.3) is 0 Å². The summed E-state index contributed by atoms with van der Waals surface area (Å²) >= 11 is 0. The summed E-state index contributed by atoms with van der Waals surface area (Å²) in [7, 11) is 8.95. The molecule has 1 saturated heterocycles. The third-order valence-electron chi connectivity index (χ3n) is 11.4. The predicted molar refractivity (Wildman–Crippen MR) is 241 cm³/mol. The lowest BCUT2D eigenvalue weighted by molar-refractivity contribution is -0.134. The molecule has 1 fully saturated rings. The zero-order valence-corrected chi connectivity index (χ0v) is 36.1. The molecule has 11 nitrogen and oxygen atoms in total. The molecule has 0 bridgehead atoms. The first-order chi connectivity index (χ1) is 29.6. The summed E-state index contributed by atoms with van der Waals surface area (Å²) in [5.74, 6) is 2.27. The van der Waals surface area contributed by atoms with Gasteiger partial charge in [0.15, 0.2) is 0 Å². The highest BCUT2D eigenvalue weighted by Crippen LogP contribution is 2.44. The van der Waals surface area contributed by atoms with Crippen molar-refractivity contribution >= 4 is 28.9 Å². The van der Waals surface area contributed by atoms with Crippen molar-refractivity contribution in [2.24, 2.45) is 15.6 Å². The molecule has 1 heterocycles. The van der Waals surface area contributed by atoms with Crippen molar-refractivity contribution in [2.75, 3.05) is 66.6 Å². The van der Waals surface area contributed by atoms with Gasteiger partial charge in [-0.3, -0.25) is 9.59 Å². The van der Waals surface area contributed by atoms with Crippen LogP contribution in [-0.4, -0.2) is 78.4 Å². The van der Waals surface area contributed by atoms with Crippen LogP contribution in [0.1, 0.15) is 65.6 Å². The third-order valence-corrected chi connectivity index (χ3v) is 11.4. The number of rotatable bonds is 19. The summed E-state index contributed by atoms with van der Waals surface area (Å²) in [4.78, 5) is 30.1.